The summed E-state index contributed by atoms with van der Waals surface area (Å²) in [6, 6.07) is 52.4. The standard InChI is InChI=1S/C59H47N3O2/c1-33-13-9-17-50(37(33)5)61(51-18-10-14-34(2)38(51)6)45-23-21-41-27-47-54(29-43(41)25-45)63-56-31-57-59(49(32-60)58(47)56)48-28-42-22-24-46(26-44(42)30-55(48)64-57)62(52-19-11-15-35(3)39(52)7)53-20-12-16-36(4)40(53)8/h9-31H,1-8H3. The molecule has 11 aromatic rings. The second kappa shape index (κ2) is 14.6. The summed E-state index contributed by atoms with van der Waals surface area (Å²) in [7, 11) is 0. The van der Waals surface area contributed by atoms with E-state index in [0.29, 0.717) is 16.7 Å². The van der Waals surface area contributed by atoms with E-state index in [1.807, 2.05) is 6.07 Å². The van der Waals surface area contributed by atoms with Crippen LogP contribution in [0.4, 0.5) is 34.1 Å². The SMILES string of the molecule is Cc1cccc(N(c2ccc3cc4c(cc3c2)oc2cc3oc5cc6cc(N(c7cccc(C)c7C)c7cccc(C)c7C)ccc6cc5c3c(C#N)c24)c2cccc(C)c2C)c1C. The third kappa shape index (κ3) is 5.97. The lowest BCUT2D eigenvalue weighted by Crippen LogP contribution is -2.13. The van der Waals surface area contributed by atoms with Crippen LogP contribution in [0.15, 0.2) is 148 Å². The monoisotopic (exact) mass is 829 g/mol. The number of nitrogens with zero attached hydrogens (tertiary/aromatic N) is 3. The maximum absolute atomic E-state index is 11.0. The van der Waals surface area contributed by atoms with Gasteiger partial charge in [0, 0.05) is 61.7 Å². The van der Waals surface area contributed by atoms with Crippen molar-refractivity contribution in [3.63, 3.8) is 0 Å². The van der Waals surface area contributed by atoms with E-state index in [1.165, 1.54) is 44.5 Å². The summed E-state index contributed by atoms with van der Waals surface area (Å²) in [4.78, 5) is 4.74. The molecule has 5 heteroatoms. The lowest BCUT2D eigenvalue weighted by atomic mass is 9.97. The number of hydrogen-bond donors (Lipinski definition) is 0. The largest absolute Gasteiger partial charge is 0.456 e. The predicted molar refractivity (Wildman–Crippen MR) is 268 cm³/mol. The van der Waals surface area contributed by atoms with Crippen molar-refractivity contribution in [2.75, 3.05) is 9.80 Å². The summed E-state index contributed by atoms with van der Waals surface area (Å²) in [5, 5.41) is 18.6. The number of nitriles is 1. The Morgan fingerprint density at radius 2 is 0.734 bits per heavy atom. The molecule has 0 radical (unpaired) electrons. The second-order valence-electron chi connectivity index (χ2n) is 17.6. The summed E-state index contributed by atoms with van der Waals surface area (Å²) in [6.07, 6.45) is 0. The van der Waals surface area contributed by atoms with Gasteiger partial charge in [0.25, 0.3) is 0 Å². The fourth-order valence-electron chi connectivity index (χ4n) is 9.77. The van der Waals surface area contributed by atoms with Crippen molar-refractivity contribution >= 4 is 99.5 Å². The Bertz CT molecular complexity index is 3460. The van der Waals surface area contributed by atoms with Crippen LogP contribution in [0.3, 0.4) is 0 Å². The van der Waals surface area contributed by atoms with E-state index in [0.717, 1.165) is 88.4 Å². The molecule has 0 saturated carbocycles. The zero-order valence-corrected chi connectivity index (χ0v) is 37.4. The van der Waals surface area contributed by atoms with Crippen molar-refractivity contribution in [1.29, 1.82) is 5.26 Å². The van der Waals surface area contributed by atoms with Crippen LogP contribution in [0.25, 0.3) is 65.4 Å². The minimum atomic E-state index is 0.559. The molecule has 0 bridgehead atoms. The summed E-state index contributed by atoms with van der Waals surface area (Å²) in [5.74, 6) is 0. The van der Waals surface area contributed by atoms with Crippen LogP contribution in [0.2, 0.25) is 0 Å². The van der Waals surface area contributed by atoms with E-state index in [9.17, 15) is 5.26 Å². The number of rotatable bonds is 6. The van der Waals surface area contributed by atoms with E-state index in [4.69, 9.17) is 8.83 Å². The zero-order valence-electron chi connectivity index (χ0n) is 37.4. The molecule has 310 valence electrons. The Kier molecular flexibility index (Phi) is 8.94. The molecule has 0 N–H and O–H groups in total. The number of fused-ring (bicyclic) bond motifs is 8. The van der Waals surface area contributed by atoms with Gasteiger partial charge in [0.2, 0.25) is 0 Å². The summed E-state index contributed by atoms with van der Waals surface area (Å²) >= 11 is 0. The van der Waals surface area contributed by atoms with E-state index < -0.39 is 0 Å². The molecule has 0 saturated heterocycles. The smallest absolute Gasteiger partial charge is 0.140 e. The molecule has 5 nitrogen and oxygen atoms in total. The molecule has 0 unspecified atom stereocenters. The summed E-state index contributed by atoms with van der Waals surface area (Å²) in [6.45, 7) is 17.5. The first-order valence-electron chi connectivity index (χ1n) is 22.0. The van der Waals surface area contributed by atoms with Crippen molar-refractivity contribution in [3.8, 4) is 6.07 Å². The summed E-state index contributed by atoms with van der Waals surface area (Å²) < 4.78 is 13.3. The van der Waals surface area contributed by atoms with Gasteiger partial charge in [-0.2, -0.15) is 5.26 Å². The van der Waals surface area contributed by atoms with E-state index in [2.05, 4.69) is 205 Å². The van der Waals surface area contributed by atoms with Gasteiger partial charge in [0.05, 0.1) is 5.56 Å². The molecular weight excluding hydrogens is 783 g/mol. The van der Waals surface area contributed by atoms with Gasteiger partial charge in [-0.25, -0.2) is 0 Å². The number of benzene rings is 9. The number of aryl methyl sites for hydroxylation is 4. The number of hydrogen-bond acceptors (Lipinski definition) is 5. The Morgan fingerprint density at radius 3 is 1.08 bits per heavy atom. The molecule has 9 aromatic carbocycles. The Balaban J connectivity index is 1.06. The van der Waals surface area contributed by atoms with Crippen LogP contribution in [0, 0.1) is 66.7 Å². The first kappa shape index (κ1) is 39.1. The Morgan fingerprint density at radius 1 is 0.375 bits per heavy atom. The summed E-state index contributed by atoms with van der Waals surface area (Å²) in [5.41, 5.74) is 19.9. The molecule has 0 fully saturated rings. The first-order valence-corrected chi connectivity index (χ1v) is 22.0. The topological polar surface area (TPSA) is 56.6 Å². The molecule has 11 rings (SSSR count). The quantitative estimate of drug-likeness (QED) is 0.167. The molecule has 0 aliphatic rings. The third-order valence-electron chi connectivity index (χ3n) is 14.0. The number of anilines is 6. The highest BCUT2D eigenvalue weighted by Crippen LogP contribution is 2.46. The maximum Gasteiger partial charge on any atom is 0.140 e. The van der Waals surface area contributed by atoms with Gasteiger partial charge < -0.3 is 18.6 Å². The lowest BCUT2D eigenvalue weighted by molar-refractivity contribution is 0.656. The van der Waals surface area contributed by atoms with Gasteiger partial charge in [0.15, 0.2) is 0 Å². The molecule has 0 aliphatic carbocycles. The molecule has 0 amide bonds. The molecular formula is C59H47N3O2. The lowest BCUT2D eigenvalue weighted by Gasteiger charge is -2.30. The third-order valence-corrected chi connectivity index (χ3v) is 14.0. The fourth-order valence-corrected chi connectivity index (χ4v) is 9.77. The minimum Gasteiger partial charge on any atom is -0.456 e. The van der Waals surface area contributed by atoms with Crippen molar-refractivity contribution in [2.24, 2.45) is 0 Å². The predicted octanol–water partition coefficient (Wildman–Crippen LogP) is 17.1. The Hall–Kier alpha value is -7.81. The molecule has 0 aliphatic heterocycles. The van der Waals surface area contributed by atoms with Crippen LogP contribution in [0.5, 0.6) is 0 Å². The second-order valence-corrected chi connectivity index (χ2v) is 17.6. The molecule has 64 heavy (non-hydrogen) atoms. The van der Waals surface area contributed by atoms with Crippen LogP contribution < -0.4 is 9.80 Å². The minimum absolute atomic E-state index is 0.559. The fraction of sp³-hybridized carbons (Fsp3) is 0.136. The molecule has 0 spiro atoms. The average molecular weight is 830 g/mol. The van der Waals surface area contributed by atoms with Gasteiger partial charge in [-0.1, -0.05) is 60.7 Å². The zero-order chi connectivity index (χ0) is 44.1. The van der Waals surface area contributed by atoms with Gasteiger partial charge in [0.1, 0.15) is 28.4 Å². The average Bonchev–Trinajstić information content (AvgIpc) is 3.83. The van der Waals surface area contributed by atoms with Gasteiger partial charge in [-0.15, -0.1) is 0 Å². The van der Waals surface area contributed by atoms with Gasteiger partial charge in [-0.3, -0.25) is 0 Å². The molecule has 2 aromatic heterocycles. The maximum atomic E-state index is 11.0. The van der Waals surface area contributed by atoms with Crippen molar-refractivity contribution in [3.05, 3.63) is 190 Å². The van der Waals surface area contributed by atoms with Crippen molar-refractivity contribution < 1.29 is 8.83 Å². The molecule has 0 atom stereocenters. The highest BCUT2D eigenvalue weighted by molar-refractivity contribution is 6.22. The normalized spacial score (nSPS) is 11.7. The highest BCUT2D eigenvalue weighted by Gasteiger charge is 2.24. The van der Waals surface area contributed by atoms with Crippen LogP contribution >= 0.6 is 0 Å². The number of furan rings is 2. The van der Waals surface area contributed by atoms with Gasteiger partial charge in [-0.05, 0) is 194 Å². The van der Waals surface area contributed by atoms with Crippen molar-refractivity contribution in [2.45, 2.75) is 55.4 Å². The first-order chi connectivity index (χ1) is 31.0. The highest BCUT2D eigenvalue weighted by atomic mass is 16.3. The van der Waals surface area contributed by atoms with Crippen molar-refractivity contribution in [1.82, 2.24) is 0 Å². The van der Waals surface area contributed by atoms with Crippen LogP contribution in [0.1, 0.15) is 50.1 Å². The van der Waals surface area contributed by atoms with E-state index in [1.54, 1.807) is 0 Å². The van der Waals surface area contributed by atoms with E-state index >= 15 is 0 Å². The Labute approximate surface area is 373 Å². The van der Waals surface area contributed by atoms with Gasteiger partial charge >= 0.3 is 0 Å². The molecule has 2 heterocycles. The van der Waals surface area contributed by atoms with Crippen LogP contribution in [-0.2, 0) is 0 Å². The van der Waals surface area contributed by atoms with Crippen LogP contribution in [-0.4, -0.2) is 0 Å². The van der Waals surface area contributed by atoms with E-state index in [-0.39, 0.29) is 0 Å².